The van der Waals surface area contributed by atoms with E-state index < -0.39 is 0 Å². The summed E-state index contributed by atoms with van der Waals surface area (Å²) in [6, 6.07) is 66.9. The van der Waals surface area contributed by atoms with Gasteiger partial charge in [0.1, 0.15) is 0 Å². The molecule has 0 aliphatic carbocycles. The zero-order valence-corrected chi connectivity index (χ0v) is 35.3. The van der Waals surface area contributed by atoms with Gasteiger partial charge in [-0.25, -0.2) is 0 Å². The molecule has 2 unspecified atom stereocenters. The van der Waals surface area contributed by atoms with Crippen LogP contribution < -0.4 is 11.7 Å². The average Bonchev–Trinajstić information content (AvgIpc) is 3.63. The minimum Gasteiger partial charge on any atom is -0.308 e. The average molecular weight is 788 g/mol. The molecule has 0 bridgehead atoms. The van der Waals surface area contributed by atoms with Gasteiger partial charge in [0.2, 0.25) is 0 Å². The Kier molecular flexibility index (Phi) is 12.1. The summed E-state index contributed by atoms with van der Waals surface area (Å²) >= 11 is 1.94. The van der Waals surface area contributed by atoms with Crippen molar-refractivity contribution in [3.8, 4) is 16.8 Å². The minimum absolute atomic E-state index is 0.321. The van der Waals surface area contributed by atoms with Crippen LogP contribution in [0.2, 0.25) is 0 Å². The van der Waals surface area contributed by atoms with Crippen molar-refractivity contribution in [2.75, 3.05) is 0 Å². The Morgan fingerprint density at radius 3 is 1.81 bits per heavy atom. The third-order valence-electron chi connectivity index (χ3n) is 11.7. The Labute approximate surface area is 353 Å². The number of fused-ring (bicyclic) bond motifs is 7. The Morgan fingerprint density at radius 2 is 1.15 bits per heavy atom. The Balaban J connectivity index is 0.000000352. The summed E-state index contributed by atoms with van der Waals surface area (Å²) in [5, 5.41) is 5.22. The zero-order valence-electron chi connectivity index (χ0n) is 34.5. The summed E-state index contributed by atoms with van der Waals surface area (Å²) in [4.78, 5) is 2.74. The molecule has 0 fully saturated rings. The van der Waals surface area contributed by atoms with Crippen molar-refractivity contribution < 1.29 is 0 Å². The van der Waals surface area contributed by atoms with Crippen LogP contribution in [0.4, 0.5) is 0 Å². The molecule has 4 heteroatoms. The van der Waals surface area contributed by atoms with Gasteiger partial charge in [0.05, 0.1) is 11.0 Å². The quantitative estimate of drug-likeness (QED) is 0.125. The van der Waals surface area contributed by atoms with Gasteiger partial charge in [-0.15, -0.1) is 0 Å². The van der Waals surface area contributed by atoms with Crippen LogP contribution in [-0.2, 0) is 6.42 Å². The second-order valence-corrected chi connectivity index (χ2v) is 17.0. The van der Waals surface area contributed by atoms with Gasteiger partial charge in [0, 0.05) is 38.1 Å². The molecule has 2 atom stereocenters. The maximum Gasteiger partial charge on any atom is 0.0683 e. The molecule has 1 aliphatic rings. The van der Waals surface area contributed by atoms with Crippen LogP contribution in [0.1, 0.15) is 73.8 Å². The van der Waals surface area contributed by atoms with E-state index in [-0.39, 0.29) is 0 Å². The lowest BCUT2D eigenvalue weighted by Crippen LogP contribution is -2.07. The first-order valence-corrected chi connectivity index (χ1v) is 21.7. The highest BCUT2D eigenvalue weighted by Gasteiger charge is 2.28. The summed E-state index contributed by atoms with van der Waals surface area (Å²) in [5.74, 6) is 9.50. The van der Waals surface area contributed by atoms with Crippen LogP contribution >= 0.6 is 11.8 Å². The van der Waals surface area contributed by atoms with E-state index in [0.717, 1.165) is 12.3 Å². The molecule has 8 aromatic carbocycles. The lowest BCUT2D eigenvalue weighted by Gasteiger charge is -2.27. The van der Waals surface area contributed by atoms with E-state index in [2.05, 4.69) is 226 Å². The second-order valence-electron chi connectivity index (χ2n) is 15.9. The molecule has 0 saturated heterocycles. The predicted octanol–water partition coefficient (Wildman–Crippen LogP) is 14.5. The molecular weight excluding hydrogens is 735 g/mol. The van der Waals surface area contributed by atoms with Crippen LogP contribution in [0.3, 0.4) is 0 Å². The van der Waals surface area contributed by atoms with Crippen molar-refractivity contribution >= 4 is 44.3 Å². The highest BCUT2D eigenvalue weighted by atomic mass is 32.2. The number of benzene rings is 8. The third kappa shape index (κ3) is 8.09. The first-order chi connectivity index (χ1) is 29.0. The van der Waals surface area contributed by atoms with Gasteiger partial charge < -0.3 is 4.57 Å². The van der Waals surface area contributed by atoms with Crippen LogP contribution in [0.5, 0.6) is 0 Å². The van der Waals surface area contributed by atoms with E-state index in [1.165, 1.54) is 93.4 Å². The Hall–Kier alpha value is -5.91. The van der Waals surface area contributed by atoms with Crippen molar-refractivity contribution in [2.45, 2.75) is 62.2 Å². The summed E-state index contributed by atoms with van der Waals surface area (Å²) < 4.78 is 2.49. The van der Waals surface area contributed by atoms with E-state index in [4.69, 9.17) is 0 Å². The van der Waals surface area contributed by atoms with Crippen molar-refractivity contribution in [3.05, 3.63) is 210 Å². The predicted molar refractivity (Wildman–Crippen MR) is 254 cm³/mol. The van der Waals surface area contributed by atoms with Gasteiger partial charge in [0.15, 0.2) is 0 Å². The smallest absolute Gasteiger partial charge is 0.0683 e. The molecule has 59 heavy (non-hydrogen) atoms. The van der Waals surface area contributed by atoms with Crippen LogP contribution in [0.25, 0.3) is 49.4 Å². The SMILES string of the molecule is CC(C)Cc1ccccc1.CCC(c1ccccc1)c1ccc(-c2ccc(-n3c4ccccc4c4ccc5c(c43)Sc3cc4ccccc4cc3C5C)cc2)cc1.NN. The molecule has 1 aliphatic heterocycles. The molecule has 9 aromatic rings. The number of hydrazine groups is 1. The van der Waals surface area contributed by atoms with Gasteiger partial charge in [-0.05, 0) is 98.8 Å². The first kappa shape index (κ1) is 39.9. The van der Waals surface area contributed by atoms with Gasteiger partial charge in [-0.1, -0.05) is 191 Å². The van der Waals surface area contributed by atoms with Gasteiger partial charge in [0.25, 0.3) is 0 Å². The lowest BCUT2D eigenvalue weighted by molar-refractivity contribution is 0.647. The highest BCUT2D eigenvalue weighted by Crippen LogP contribution is 2.51. The highest BCUT2D eigenvalue weighted by molar-refractivity contribution is 7.99. The van der Waals surface area contributed by atoms with Crippen molar-refractivity contribution in [2.24, 2.45) is 17.6 Å². The monoisotopic (exact) mass is 787 g/mol. The number of nitrogens with two attached hydrogens (primary N) is 2. The fraction of sp³-hybridized carbons (Fsp3) is 0.164. The van der Waals surface area contributed by atoms with E-state index >= 15 is 0 Å². The van der Waals surface area contributed by atoms with Crippen LogP contribution in [0.15, 0.2) is 192 Å². The molecule has 294 valence electrons. The fourth-order valence-electron chi connectivity index (χ4n) is 8.85. The Bertz CT molecular complexity index is 2810. The third-order valence-corrected chi connectivity index (χ3v) is 12.9. The largest absolute Gasteiger partial charge is 0.308 e. The summed E-state index contributed by atoms with van der Waals surface area (Å²) in [6.07, 6.45) is 2.28. The van der Waals surface area contributed by atoms with E-state index in [0.29, 0.717) is 11.8 Å². The van der Waals surface area contributed by atoms with Crippen LogP contribution in [-0.4, -0.2) is 4.57 Å². The molecule has 4 N–H and O–H groups in total. The molecule has 0 saturated carbocycles. The lowest BCUT2D eigenvalue weighted by atomic mass is 9.88. The van der Waals surface area contributed by atoms with E-state index in [1.807, 2.05) is 11.8 Å². The molecule has 1 aromatic heterocycles. The molecule has 0 spiro atoms. The van der Waals surface area contributed by atoms with Gasteiger partial charge in [-0.2, -0.15) is 0 Å². The zero-order chi connectivity index (χ0) is 40.9. The van der Waals surface area contributed by atoms with Gasteiger partial charge in [-0.3, -0.25) is 11.7 Å². The first-order valence-electron chi connectivity index (χ1n) is 20.9. The van der Waals surface area contributed by atoms with Crippen molar-refractivity contribution in [1.29, 1.82) is 0 Å². The number of aromatic nitrogens is 1. The number of rotatable bonds is 7. The number of hydrogen-bond acceptors (Lipinski definition) is 3. The van der Waals surface area contributed by atoms with Gasteiger partial charge >= 0.3 is 0 Å². The standard InChI is InChI=1S/C45H35NS.C10H14.H4N2/c1-3-37(32-11-5-4-6-12-32)33-19-17-30(18-20-33)31-21-23-36(24-22-31)46-42-16-10-9-15-39(42)40-26-25-38-29(2)41-27-34-13-7-8-14-35(34)28-43(41)47-45(38)44(40)46;1-9(2)8-10-6-4-3-5-7-10;1-2/h4-29,37H,3H2,1-2H3;3-7,9H,8H2,1-2H3;1-2H2. The van der Waals surface area contributed by atoms with E-state index in [1.54, 1.807) is 0 Å². The van der Waals surface area contributed by atoms with Crippen LogP contribution in [0, 0.1) is 5.92 Å². The molecular formula is C55H53N3S. The van der Waals surface area contributed by atoms with E-state index in [9.17, 15) is 0 Å². The molecule has 10 rings (SSSR count). The normalized spacial score (nSPS) is 13.6. The Morgan fingerprint density at radius 1 is 0.576 bits per heavy atom. The maximum absolute atomic E-state index is 4.00. The van der Waals surface area contributed by atoms with Crippen molar-refractivity contribution in [3.63, 3.8) is 0 Å². The second kappa shape index (κ2) is 17.9. The minimum atomic E-state index is 0.321. The number of para-hydroxylation sites is 1. The summed E-state index contributed by atoms with van der Waals surface area (Å²) in [5.41, 5.74) is 13.3. The van der Waals surface area contributed by atoms with Crippen molar-refractivity contribution in [1.82, 2.24) is 4.57 Å². The molecule has 2 heterocycles. The fourth-order valence-corrected chi connectivity index (χ4v) is 10.3. The summed E-state index contributed by atoms with van der Waals surface area (Å²) in [6.45, 7) is 9.13. The maximum atomic E-state index is 4.00. The number of hydrogen-bond donors (Lipinski definition) is 2. The molecule has 0 radical (unpaired) electrons. The summed E-state index contributed by atoms with van der Waals surface area (Å²) in [7, 11) is 0. The topological polar surface area (TPSA) is 57.0 Å². The number of nitrogens with zero attached hydrogens (tertiary/aromatic N) is 1. The molecule has 3 nitrogen and oxygen atoms in total. The molecule has 0 amide bonds.